The van der Waals surface area contributed by atoms with E-state index < -0.39 is 6.10 Å². The molecule has 1 unspecified atom stereocenters. The maximum atomic E-state index is 12.9. The molecule has 0 aliphatic rings. The Bertz CT molecular complexity index is 1800. The fraction of sp³-hybridized carbons (Fsp3) is 0.649. The highest BCUT2D eigenvalue weighted by molar-refractivity contribution is 5.71. The van der Waals surface area contributed by atoms with Crippen molar-refractivity contribution < 1.29 is 28.6 Å². The van der Waals surface area contributed by atoms with Crippen molar-refractivity contribution in [2.45, 2.75) is 309 Å². The van der Waals surface area contributed by atoms with Crippen LogP contribution in [-0.4, -0.2) is 37.2 Å². The second kappa shape index (κ2) is 69.8. The minimum Gasteiger partial charge on any atom is -0.462 e. The van der Waals surface area contributed by atoms with E-state index in [9.17, 15) is 14.4 Å². The van der Waals surface area contributed by atoms with Gasteiger partial charge in [-0.15, -0.1) is 0 Å². The van der Waals surface area contributed by atoms with Crippen molar-refractivity contribution in [1.29, 1.82) is 0 Å². The number of esters is 3. The third-order valence-corrected chi connectivity index (χ3v) is 14.3. The van der Waals surface area contributed by atoms with E-state index in [0.717, 1.165) is 148 Å². The molecule has 470 valence electrons. The molecular weight excluding hydrogens is 1020 g/mol. The van der Waals surface area contributed by atoms with Gasteiger partial charge in [-0.2, -0.15) is 0 Å². The molecule has 0 amide bonds. The number of carbonyl (C=O) groups is 3. The largest absolute Gasteiger partial charge is 0.462 e. The van der Waals surface area contributed by atoms with Crippen LogP contribution in [0.25, 0.3) is 0 Å². The van der Waals surface area contributed by atoms with E-state index in [1.165, 1.54) is 116 Å². The summed E-state index contributed by atoms with van der Waals surface area (Å²) in [5.74, 6) is -0.928. The molecule has 0 spiro atoms. The molecular formula is C77H126O6. The van der Waals surface area contributed by atoms with E-state index in [1.807, 2.05) is 0 Å². The summed E-state index contributed by atoms with van der Waals surface area (Å²) < 4.78 is 16.9. The van der Waals surface area contributed by atoms with Crippen LogP contribution in [-0.2, 0) is 28.6 Å². The second-order valence-electron chi connectivity index (χ2n) is 22.3. The van der Waals surface area contributed by atoms with Gasteiger partial charge in [-0.1, -0.05) is 308 Å². The van der Waals surface area contributed by atoms with Crippen molar-refractivity contribution in [2.24, 2.45) is 0 Å². The molecule has 0 aromatic rings. The Kier molecular flexibility index (Phi) is 65.8. The van der Waals surface area contributed by atoms with E-state index >= 15 is 0 Å². The molecule has 0 saturated carbocycles. The Hall–Kier alpha value is -4.71. The van der Waals surface area contributed by atoms with Crippen molar-refractivity contribution >= 4 is 17.9 Å². The molecule has 0 aromatic carbocycles. The molecule has 0 saturated heterocycles. The fourth-order valence-corrected chi connectivity index (χ4v) is 9.27. The Morgan fingerprint density at radius 1 is 0.253 bits per heavy atom. The molecule has 0 radical (unpaired) electrons. The van der Waals surface area contributed by atoms with Crippen LogP contribution in [0.2, 0.25) is 0 Å². The second-order valence-corrected chi connectivity index (χ2v) is 22.3. The van der Waals surface area contributed by atoms with Crippen molar-refractivity contribution in [2.75, 3.05) is 13.2 Å². The Morgan fingerprint density at radius 2 is 0.470 bits per heavy atom. The highest BCUT2D eigenvalue weighted by atomic mass is 16.6. The summed E-state index contributed by atoms with van der Waals surface area (Å²) in [6.07, 6.45) is 100. The van der Waals surface area contributed by atoms with Gasteiger partial charge in [0.05, 0.1) is 0 Å². The van der Waals surface area contributed by atoms with E-state index in [2.05, 4.69) is 167 Å². The maximum Gasteiger partial charge on any atom is 0.306 e. The Balaban J connectivity index is 4.38. The molecule has 0 fully saturated rings. The smallest absolute Gasteiger partial charge is 0.306 e. The molecule has 6 heteroatoms. The summed E-state index contributed by atoms with van der Waals surface area (Å²) in [7, 11) is 0. The monoisotopic (exact) mass is 1150 g/mol. The summed E-state index contributed by atoms with van der Waals surface area (Å²) in [5, 5.41) is 0. The first kappa shape index (κ1) is 78.3. The molecule has 0 aliphatic heterocycles. The predicted molar refractivity (Wildman–Crippen MR) is 362 cm³/mol. The van der Waals surface area contributed by atoms with Crippen LogP contribution in [0.4, 0.5) is 0 Å². The third kappa shape index (κ3) is 68.0. The Morgan fingerprint density at radius 3 is 0.747 bits per heavy atom. The summed E-state index contributed by atoms with van der Waals surface area (Å²) in [6.45, 7) is 6.40. The van der Waals surface area contributed by atoms with Gasteiger partial charge in [0.1, 0.15) is 13.2 Å². The molecule has 0 N–H and O–H groups in total. The lowest BCUT2D eigenvalue weighted by Gasteiger charge is -2.18. The molecule has 0 bridgehead atoms. The van der Waals surface area contributed by atoms with Crippen LogP contribution in [0.3, 0.4) is 0 Å². The van der Waals surface area contributed by atoms with Crippen molar-refractivity contribution in [3.63, 3.8) is 0 Å². The minimum absolute atomic E-state index is 0.0948. The average Bonchev–Trinajstić information content (AvgIpc) is 3.49. The molecule has 0 aromatic heterocycles. The number of rotatable bonds is 61. The number of carbonyl (C=O) groups excluding carboxylic acids is 3. The van der Waals surface area contributed by atoms with Crippen LogP contribution in [0.1, 0.15) is 303 Å². The van der Waals surface area contributed by atoms with E-state index in [0.29, 0.717) is 12.8 Å². The van der Waals surface area contributed by atoms with E-state index in [-0.39, 0.29) is 37.5 Å². The number of allylic oxidation sites excluding steroid dienone is 24. The van der Waals surface area contributed by atoms with Gasteiger partial charge in [0.2, 0.25) is 0 Å². The normalized spacial score (nSPS) is 13.0. The lowest BCUT2D eigenvalue weighted by molar-refractivity contribution is -0.167. The van der Waals surface area contributed by atoms with Crippen LogP contribution in [0, 0.1) is 0 Å². The van der Waals surface area contributed by atoms with Crippen LogP contribution in [0.15, 0.2) is 146 Å². The number of ether oxygens (including phenoxy) is 3. The van der Waals surface area contributed by atoms with Crippen molar-refractivity contribution in [3.8, 4) is 0 Å². The quantitative estimate of drug-likeness (QED) is 0.0261. The van der Waals surface area contributed by atoms with Crippen molar-refractivity contribution in [1.82, 2.24) is 0 Å². The molecule has 1 atom stereocenters. The van der Waals surface area contributed by atoms with Gasteiger partial charge in [0.25, 0.3) is 0 Å². The van der Waals surface area contributed by atoms with E-state index in [1.54, 1.807) is 0 Å². The molecule has 6 nitrogen and oxygen atoms in total. The van der Waals surface area contributed by atoms with Gasteiger partial charge < -0.3 is 14.2 Å². The first-order valence-corrected chi connectivity index (χ1v) is 34.3. The summed E-state index contributed by atoms with van der Waals surface area (Å²) in [6, 6.07) is 0. The summed E-state index contributed by atoms with van der Waals surface area (Å²) >= 11 is 0. The van der Waals surface area contributed by atoms with Gasteiger partial charge in [-0.05, 0) is 122 Å². The minimum atomic E-state index is -0.804. The first-order valence-electron chi connectivity index (χ1n) is 34.3. The predicted octanol–water partition coefficient (Wildman–Crippen LogP) is 23.9. The first-order chi connectivity index (χ1) is 41.0. The highest BCUT2D eigenvalue weighted by Gasteiger charge is 2.19. The molecule has 0 aliphatic carbocycles. The third-order valence-electron chi connectivity index (χ3n) is 14.3. The zero-order valence-electron chi connectivity index (χ0n) is 53.9. The Labute approximate surface area is 512 Å². The molecule has 0 heterocycles. The number of unbranched alkanes of at least 4 members (excludes halogenated alkanes) is 26. The van der Waals surface area contributed by atoms with Crippen molar-refractivity contribution in [3.05, 3.63) is 146 Å². The maximum absolute atomic E-state index is 12.9. The SMILES string of the molecule is CC/C=C\C/C=C\C/C=C\C/C=C\C/C=C\C/C=C\C/C=C\CCCCCCCCCCCC(=O)OCC(COC(=O)CCCCCCCCCCCCCCCCC)OC(=O)CCCCC/C=C\C/C=C\C/C=C\C/C=C\C/C=C\CC. The highest BCUT2D eigenvalue weighted by Crippen LogP contribution is 2.16. The van der Waals surface area contributed by atoms with Gasteiger partial charge in [0.15, 0.2) is 6.10 Å². The van der Waals surface area contributed by atoms with Gasteiger partial charge in [0, 0.05) is 19.3 Å². The number of hydrogen-bond acceptors (Lipinski definition) is 6. The fourth-order valence-electron chi connectivity index (χ4n) is 9.27. The topological polar surface area (TPSA) is 78.9 Å². The zero-order chi connectivity index (χ0) is 59.9. The van der Waals surface area contributed by atoms with Gasteiger partial charge >= 0.3 is 17.9 Å². The zero-order valence-corrected chi connectivity index (χ0v) is 53.9. The lowest BCUT2D eigenvalue weighted by atomic mass is 10.0. The van der Waals surface area contributed by atoms with E-state index in [4.69, 9.17) is 14.2 Å². The average molecular weight is 1150 g/mol. The molecule has 0 rings (SSSR count). The lowest BCUT2D eigenvalue weighted by Crippen LogP contribution is -2.30. The number of hydrogen-bond donors (Lipinski definition) is 0. The van der Waals surface area contributed by atoms with Gasteiger partial charge in [-0.25, -0.2) is 0 Å². The van der Waals surface area contributed by atoms with Crippen LogP contribution >= 0.6 is 0 Å². The standard InChI is InChI=1S/C77H126O6/c1-4-7-10-13-16-19-22-25-28-30-32-33-34-35-36-37-38-39-40-41-42-43-45-46-49-52-55-58-61-64-67-70-76(79)82-73-74(72-81-75(78)69-66-63-60-57-54-51-48-27-24-21-18-15-12-9-6-3)83-77(80)71-68-65-62-59-56-53-50-47-44-31-29-26-23-20-17-14-11-8-5-2/h7-8,10-11,16-17,19-20,25-26,28-29,32-33,35-36,38-39,41-42,44,47,53,56,74H,4-6,9,12-15,18,21-24,27,30-31,34,37,40,43,45-46,48-52,54-55,57-73H2,1-3H3/b10-7-,11-8-,19-16-,20-17-,28-25-,29-26-,33-32-,36-35-,39-38-,42-41-,47-44-,56-53-. The van der Waals surface area contributed by atoms with Crippen LogP contribution in [0.5, 0.6) is 0 Å². The van der Waals surface area contributed by atoms with Gasteiger partial charge in [-0.3, -0.25) is 14.4 Å². The van der Waals surface area contributed by atoms with Crippen LogP contribution < -0.4 is 0 Å². The summed E-state index contributed by atoms with van der Waals surface area (Å²) in [5.41, 5.74) is 0. The summed E-state index contributed by atoms with van der Waals surface area (Å²) in [4.78, 5) is 38.4. The molecule has 83 heavy (non-hydrogen) atoms.